The second kappa shape index (κ2) is 4.67. The topological polar surface area (TPSA) is 54.9 Å². The van der Waals surface area contributed by atoms with E-state index in [1.165, 1.54) is 24.4 Å². The molecule has 0 saturated carbocycles. The van der Waals surface area contributed by atoms with Crippen molar-refractivity contribution in [3.8, 4) is 0 Å². The minimum Gasteiger partial charge on any atom is -0.311 e. The van der Waals surface area contributed by atoms with E-state index < -0.39 is 11.7 Å². The Hall–Kier alpha value is -1.34. The number of carbonyl (C=O) groups is 1. The van der Waals surface area contributed by atoms with E-state index in [0.29, 0.717) is 9.47 Å². The number of hydrogen-bond donors (Lipinski definition) is 1. The lowest BCUT2D eigenvalue weighted by Crippen LogP contribution is -2.12. The van der Waals surface area contributed by atoms with E-state index in [2.05, 4.69) is 30.8 Å². The SMILES string of the molecule is O=C(Nc1cnns1)c1cc(Br)ccc1F. The van der Waals surface area contributed by atoms with E-state index in [4.69, 9.17) is 0 Å². The third-order valence-corrected chi connectivity index (χ3v) is 2.84. The summed E-state index contributed by atoms with van der Waals surface area (Å²) in [6.45, 7) is 0. The third-order valence-electron chi connectivity index (χ3n) is 1.77. The molecular formula is C9H5BrFN3OS. The van der Waals surface area contributed by atoms with E-state index in [0.717, 1.165) is 11.5 Å². The summed E-state index contributed by atoms with van der Waals surface area (Å²) in [7, 11) is 0. The minimum absolute atomic E-state index is 0.0252. The van der Waals surface area contributed by atoms with Crippen LogP contribution in [0.4, 0.5) is 9.39 Å². The zero-order chi connectivity index (χ0) is 11.5. The van der Waals surface area contributed by atoms with Crippen molar-refractivity contribution < 1.29 is 9.18 Å². The quantitative estimate of drug-likeness (QED) is 0.928. The first-order chi connectivity index (χ1) is 7.66. The van der Waals surface area contributed by atoms with E-state index >= 15 is 0 Å². The third kappa shape index (κ3) is 2.42. The number of amides is 1. The monoisotopic (exact) mass is 301 g/mol. The second-order valence-corrected chi connectivity index (χ2v) is 4.56. The fourth-order valence-electron chi connectivity index (χ4n) is 1.07. The number of nitrogens with one attached hydrogen (secondary N) is 1. The van der Waals surface area contributed by atoms with E-state index in [-0.39, 0.29) is 5.56 Å². The average molecular weight is 302 g/mol. The molecule has 0 radical (unpaired) electrons. The summed E-state index contributed by atoms with van der Waals surface area (Å²) < 4.78 is 17.6. The zero-order valence-electron chi connectivity index (χ0n) is 7.78. The Balaban J connectivity index is 2.24. The van der Waals surface area contributed by atoms with E-state index in [1.807, 2.05) is 0 Å². The van der Waals surface area contributed by atoms with E-state index in [1.54, 1.807) is 0 Å². The van der Waals surface area contributed by atoms with Crippen molar-refractivity contribution in [1.82, 2.24) is 9.59 Å². The van der Waals surface area contributed by atoms with Crippen molar-refractivity contribution >= 4 is 38.4 Å². The lowest BCUT2D eigenvalue weighted by atomic mass is 10.2. The van der Waals surface area contributed by atoms with Crippen LogP contribution in [0, 0.1) is 5.82 Å². The number of nitrogens with zero attached hydrogens (tertiary/aromatic N) is 2. The van der Waals surface area contributed by atoms with Crippen LogP contribution >= 0.6 is 27.5 Å². The smallest absolute Gasteiger partial charge is 0.259 e. The summed E-state index contributed by atoms with van der Waals surface area (Å²) in [4.78, 5) is 11.7. The van der Waals surface area contributed by atoms with Crippen LogP contribution in [0.3, 0.4) is 0 Å². The number of benzene rings is 1. The van der Waals surface area contributed by atoms with Crippen LogP contribution in [-0.2, 0) is 0 Å². The Kier molecular flexibility index (Phi) is 3.25. The van der Waals surface area contributed by atoms with Gasteiger partial charge in [0, 0.05) is 16.0 Å². The van der Waals surface area contributed by atoms with Crippen LogP contribution in [0.5, 0.6) is 0 Å². The Bertz CT molecular complexity index is 517. The number of carbonyl (C=O) groups excluding carboxylic acids is 1. The molecule has 0 aliphatic heterocycles. The molecule has 4 nitrogen and oxygen atoms in total. The summed E-state index contributed by atoms with van der Waals surface area (Å²) >= 11 is 4.20. The molecule has 0 spiro atoms. The van der Waals surface area contributed by atoms with Crippen molar-refractivity contribution in [2.45, 2.75) is 0 Å². The van der Waals surface area contributed by atoms with E-state index in [9.17, 15) is 9.18 Å². The molecule has 0 bridgehead atoms. The summed E-state index contributed by atoms with van der Waals surface area (Å²) in [6, 6.07) is 4.17. The highest BCUT2D eigenvalue weighted by molar-refractivity contribution is 9.10. The molecule has 0 fully saturated rings. The number of anilines is 1. The van der Waals surface area contributed by atoms with Gasteiger partial charge in [-0.2, -0.15) is 0 Å². The highest BCUT2D eigenvalue weighted by Gasteiger charge is 2.13. The maximum Gasteiger partial charge on any atom is 0.259 e. The molecule has 7 heteroatoms. The van der Waals surface area contributed by atoms with Crippen LogP contribution in [-0.4, -0.2) is 15.5 Å². The largest absolute Gasteiger partial charge is 0.311 e. The van der Waals surface area contributed by atoms with Gasteiger partial charge in [-0.3, -0.25) is 4.79 Å². The molecule has 0 atom stereocenters. The van der Waals surface area contributed by atoms with Gasteiger partial charge >= 0.3 is 0 Å². The van der Waals surface area contributed by atoms with Gasteiger partial charge in [0.2, 0.25) is 0 Å². The molecule has 1 N–H and O–H groups in total. The number of rotatable bonds is 2. The lowest BCUT2D eigenvalue weighted by Gasteiger charge is -2.03. The van der Waals surface area contributed by atoms with Crippen molar-refractivity contribution in [2.24, 2.45) is 0 Å². The van der Waals surface area contributed by atoms with Crippen molar-refractivity contribution in [3.63, 3.8) is 0 Å². The Morgan fingerprint density at radius 3 is 3.00 bits per heavy atom. The Morgan fingerprint density at radius 1 is 1.50 bits per heavy atom. The van der Waals surface area contributed by atoms with Crippen LogP contribution in [0.2, 0.25) is 0 Å². The predicted molar refractivity (Wildman–Crippen MR) is 62.0 cm³/mol. The summed E-state index contributed by atoms with van der Waals surface area (Å²) in [6.07, 6.45) is 1.40. The molecule has 1 heterocycles. The number of hydrogen-bond acceptors (Lipinski definition) is 4. The predicted octanol–water partition coefficient (Wildman–Crippen LogP) is 2.69. The summed E-state index contributed by atoms with van der Waals surface area (Å²) in [5, 5.41) is 6.54. The maximum atomic E-state index is 13.3. The normalized spacial score (nSPS) is 10.1. The molecule has 2 aromatic rings. The van der Waals surface area contributed by atoms with Crippen LogP contribution in [0.25, 0.3) is 0 Å². The first-order valence-electron chi connectivity index (χ1n) is 4.20. The number of aromatic nitrogens is 2. The van der Waals surface area contributed by atoms with Gasteiger partial charge in [0.1, 0.15) is 10.8 Å². The molecule has 1 aromatic heterocycles. The van der Waals surface area contributed by atoms with Gasteiger partial charge in [-0.15, -0.1) is 5.10 Å². The van der Waals surface area contributed by atoms with Crippen LogP contribution in [0.1, 0.15) is 10.4 Å². The second-order valence-electron chi connectivity index (χ2n) is 2.86. The molecule has 1 amide bonds. The molecule has 2 rings (SSSR count). The fourth-order valence-corrected chi connectivity index (χ4v) is 1.85. The summed E-state index contributed by atoms with van der Waals surface area (Å²) in [5.74, 6) is -1.09. The van der Waals surface area contributed by atoms with Crippen molar-refractivity contribution in [2.75, 3.05) is 5.32 Å². The Morgan fingerprint density at radius 2 is 2.31 bits per heavy atom. The molecule has 1 aromatic carbocycles. The summed E-state index contributed by atoms with van der Waals surface area (Å²) in [5.41, 5.74) is -0.0252. The number of halogens is 2. The Labute approximate surface area is 103 Å². The first kappa shape index (κ1) is 11.2. The van der Waals surface area contributed by atoms with Crippen LogP contribution < -0.4 is 5.32 Å². The molecule has 0 aliphatic rings. The van der Waals surface area contributed by atoms with Gasteiger partial charge in [-0.25, -0.2) is 4.39 Å². The first-order valence-corrected chi connectivity index (χ1v) is 5.77. The van der Waals surface area contributed by atoms with Gasteiger partial charge in [0.25, 0.3) is 5.91 Å². The standard InChI is InChI=1S/C9H5BrFN3OS/c10-5-1-2-7(11)6(3-5)9(15)13-8-4-12-14-16-8/h1-4H,(H,13,15). The molecule has 0 saturated heterocycles. The average Bonchev–Trinajstić information content (AvgIpc) is 2.74. The molecule has 16 heavy (non-hydrogen) atoms. The highest BCUT2D eigenvalue weighted by atomic mass is 79.9. The zero-order valence-corrected chi connectivity index (χ0v) is 10.2. The van der Waals surface area contributed by atoms with Crippen molar-refractivity contribution in [1.29, 1.82) is 0 Å². The van der Waals surface area contributed by atoms with Gasteiger partial charge in [0.05, 0.1) is 11.8 Å². The molecular weight excluding hydrogens is 297 g/mol. The van der Waals surface area contributed by atoms with Crippen LogP contribution in [0.15, 0.2) is 28.9 Å². The van der Waals surface area contributed by atoms with Gasteiger partial charge in [-0.05, 0) is 18.2 Å². The molecule has 0 unspecified atom stereocenters. The fraction of sp³-hybridized carbons (Fsp3) is 0. The molecule has 82 valence electrons. The maximum absolute atomic E-state index is 13.3. The minimum atomic E-state index is -0.571. The molecule has 0 aliphatic carbocycles. The van der Waals surface area contributed by atoms with Gasteiger partial charge in [-0.1, -0.05) is 20.4 Å². The van der Waals surface area contributed by atoms with Gasteiger partial charge in [0.15, 0.2) is 0 Å². The van der Waals surface area contributed by atoms with Gasteiger partial charge < -0.3 is 5.32 Å². The lowest BCUT2D eigenvalue weighted by molar-refractivity contribution is 0.102. The van der Waals surface area contributed by atoms with Crippen molar-refractivity contribution in [3.05, 3.63) is 40.2 Å². The highest BCUT2D eigenvalue weighted by Crippen LogP contribution is 2.18.